The molecule has 120 valence electrons. The number of nitrogens with zero attached hydrogens (tertiary/aromatic N) is 1. The molecule has 0 radical (unpaired) electrons. The number of benzene rings is 1. The normalized spacial score (nSPS) is 25.1. The van der Waals surface area contributed by atoms with Crippen molar-refractivity contribution in [3.05, 3.63) is 35.6 Å². The quantitative estimate of drug-likeness (QED) is 0.803. The van der Waals surface area contributed by atoms with Crippen molar-refractivity contribution in [1.29, 1.82) is 0 Å². The first-order chi connectivity index (χ1) is 10.6. The molecular formula is C18H24FNO2. The van der Waals surface area contributed by atoms with Crippen LogP contribution < -0.4 is 0 Å². The summed E-state index contributed by atoms with van der Waals surface area (Å²) in [5.74, 6) is -0.375. The first-order valence-electron chi connectivity index (χ1n) is 8.26. The minimum Gasteiger partial charge on any atom is -0.460 e. The molecule has 1 saturated heterocycles. The van der Waals surface area contributed by atoms with Gasteiger partial charge in [0.15, 0.2) is 0 Å². The summed E-state index contributed by atoms with van der Waals surface area (Å²) < 4.78 is 19.1. The number of rotatable bonds is 3. The number of likely N-dealkylation sites (N-methyl/N-ethyl adjacent to an activating group) is 1. The molecule has 3 nitrogen and oxygen atoms in total. The molecule has 1 aromatic carbocycles. The Bertz CT molecular complexity index is 522. The topological polar surface area (TPSA) is 29.5 Å². The van der Waals surface area contributed by atoms with Gasteiger partial charge in [-0.3, -0.25) is 4.79 Å². The van der Waals surface area contributed by atoms with Crippen molar-refractivity contribution in [2.75, 3.05) is 20.1 Å². The Hall–Kier alpha value is -1.42. The van der Waals surface area contributed by atoms with Crippen LogP contribution in [0.3, 0.4) is 0 Å². The lowest BCUT2D eigenvalue weighted by Gasteiger charge is -2.36. The lowest BCUT2D eigenvalue weighted by atomic mass is 9.69. The molecule has 0 spiro atoms. The average molecular weight is 305 g/mol. The summed E-state index contributed by atoms with van der Waals surface area (Å²) in [5, 5.41) is 0. The fourth-order valence-electron chi connectivity index (χ4n) is 3.79. The third kappa shape index (κ3) is 3.02. The minimum atomic E-state index is -0.576. The smallest absolute Gasteiger partial charge is 0.316 e. The maximum absolute atomic E-state index is 13.2. The molecule has 2 aliphatic rings. The van der Waals surface area contributed by atoms with Crippen molar-refractivity contribution in [1.82, 2.24) is 4.90 Å². The summed E-state index contributed by atoms with van der Waals surface area (Å²) in [6, 6.07) is 6.40. The van der Waals surface area contributed by atoms with Gasteiger partial charge < -0.3 is 9.64 Å². The van der Waals surface area contributed by atoms with Gasteiger partial charge >= 0.3 is 5.97 Å². The van der Waals surface area contributed by atoms with Crippen LogP contribution in [-0.2, 0) is 14.9 Å². The third-order valence-electron chi connectivity index (χ3n) is 5.12. The van der Waals surface area contributed by atoms with Gasteiger partial charge in [0, 0.05) is 13.1 Å². The van der Waals surface area contributed by atoms with E-state index in [2.05, 4.69) is 4.90 Å². The Labute approximate surface area is 131 Å². The first-order valence-corrected chi connectivity index (χ1v) is 8.26. The Balaban J connectivity index is 1.82. The summed E-state index contributed by atoms with van der Waals surface area (Å²) in [7, 11) is 2.05. The Kier molecular flexibility index (Phi) is 4.48. The maximum atomic E-state index is 13.2. The summed E-state index contributed by atoms with van der Waals surface area (Å²) in [6.45, 7) is 1.78. The molecule has 1 aliphatic heterocycles. The van der Waals surface area contributed by atoms with Crippen LogP contribution in [-0.4, -0.2) is 37.1 Å². The molecule has 4 heteroatoms. The highest BCUT2D eigenvalue weighted by atomic mass is 19.1. The molecule has 1 aliphatic carbocycles. The highest BCUT2D eigenvalue weighted by molar-refractivity contribution is 5.83. The molecule has 1 aromatic rings. The van der Waals surface area contributed by atoms with Crippen molar-refractivity contribution >= 4 is 5.97 Å². The third-order valence-corrected chi connectivity index (χ3v) is 5.12. The van der Waals surface area contributed by atoms with Crippen LogP contribution >= 0.6 is 0 Å². The van der Waals surface area contributed by atoms with E-state index in [1.54, 1.807) is 12.1 Å². The van der Waals surface area contributed by atoms with E-state index in [9.17, 15) is 9.18 Å². The molecule has 3 rings (SSSR count). The van der Waals surface area contributed by atoms with Gasteiger partial charge in [-0.05, 0) is 44.0 Å². The van der Waals surface area contributed by atoms with Gasteiger partial charge in [0.2, 0.25) is 0 Å². The molecule has 22 heavy (non-hydrogen) atoms. The minimum absolute atomic E-state index is 0.00301. The van der Waals surface area contributed by atoms with Gasteiger partial charge in [-0.15, -0.1) is 0 Å². The van der Waals surface area contributed by atoms with E-state index in [0.717, 1.165) is 57.2 Å². The van der Waals surface area contributed by atoms with Crippen LogP contribution in [0.25, 0.3) is 0 Å². The number of carbonyl (C=O) groups excluding carboxylic acids is 1. The molecule has 0 unspecified atom stereocenters. The monoisotopic (exact) mass is 305 g/mol. The molecule has 0 bridgehead atoms. The van der Waals surface area contributed by atoms with E-state index < -0.39 is 5.41 Å². The second kappa shape index (κ2) is 6.37. The van der Waals surface area contributed by atoms with E-state index in [1.165, 1.54) is 12.1 Å². The van der Waals surface area contributed by atoms with Crippen molar-refractivity contribution in [3.63, 3.8) is 0 Å². The molecule has 0 amide bonds. The summed E-state index contributed by atoms with van der Waals surface area (Å²) in [5.41, 5.74) is 0.331. The maximum Gasteiger partial charge on any atom is 0.316 e. The van der Waals surface area contributed by atoms with Gasteiger partial charge in [-0.1, -0.05) is 31.4 Å². The Morgan fingerprint density at radius 2 is 1.91 bits per heavy atom. The van der Waals surface area contributed by atoms with Crippen LogP contribution in [0.5, 0.6) is 0 Å². The second-order valence-corrected chi connectivity index (χ2v) is 6.73. The second-order valence-electron chi connectivity index (χ2n) is 6.73. The molecule has 1 atom stereocenters. The van der Waals surface area contributed by atoms with E-state index in [0.29, 0.717) is 0 Å². The van der Waals surface area contributed by atoms with E-state index in [1.807, 2.05) is 7.05 Å². The van der Waals surface area contributed by atoms with Crippen LogP contribution in [0.2, 0.25) is 0 Å². The van der Waals surface area contributed by atoms with Crippen LogP contribution in [0.1, 0.15) is 44.1 Å². The van der Waals surface area contributed by atoms with Crippen LogP contribution in [0, 0.1) is 5.82 Å². The Morgan fingerprint density at radius 3 is 2.50 bits per heavy atom. The molecule has 1 heterocycles. The zero-order chi connectivity index (χ0) is 15.6. The van der Waals surface area contributed by atoms with Gasteiger partial charge in [0.1, 0.15) is 11.9 Å². The molecule has 2 fully saturated rings. The summed E-state index contributed by atoms with van der Waals surface area (Å²) in [4.78, 5) is 15.1. The number of likely N-dealkylation sites (tertiary alicyclic amines) is 1. The molecular weight excluding hydrogens is 281 g/mol. The number of hydrogen-bond donors (Lipinski definition) is 0. The van der Waals surface area contributed by atoms with E-state index in [-0.39, 0.29) is 17.9 Å². The fourth-order valence-corrected chi connectivity index (χ4v) is 3.79. The van der Waals surface area contributed by atoms with Crippen molar-refractivity contribution in [2.24, 2.45) is 0 Å². The molecule has 0 N–H and O–H groups in total. The van der Waals surface area contributed by atoms with Crippen molar-refractivity contribution in [3.8, 4) is 0 Å². The SMILES string of the molecule is CN1CC[C@@H](OC(=O)C2(c3ccc(F)cc3)CCCCC2)C1. The number of halogens is 1. The molecule has 1 saturated carbocycles. The number of ether oxygens (including phenoxy) is 1. The lowest BCUT2D eigenvalue weighted by Crippen LogP contribution is -2.41. The number of esters is 1. The highest BCUT2D eigenvalue weighted by Crippen LogP contribution is 2.41. The van der Waals surface area contributed by atoms with Gasteiger partial charge in [-0.25, -0.2) is 4.39 Å². The van der Waals surface area contributed by atoms with Gasteiger partial charge in [0.25, 0.3) is 0 Å². The lowest BCUT2D eigenvalue weighted by molar-refractivity contribution is -0.157. The van der Waals surface area contributed by atoms with E-state index in [4.69, 9.17) is 4.74 Å². The first kappa shape index (κ1) is 15.5. The largest absolute Gasteiger partial charge is 0.460 e. The highest BCUT2D eigenvalue weighted by Gasteiger charge is 2.43. The van der Waals surface area contributed by atoms with Crippen LogP contribution in [0.15, 0.2) is 24.3 Å². The van der Waals surface area contributed by atoms with Gasteiger partial charge in [0.05, 0.1) is 5.41 Å². The zero-order valence-electron chi connectivity index (χ0n) is 13.2. The number of carbonyl (C=O) groups is 1. The standard InChI is InChI=1S/C18H24FNO2/c1-20-12-9-16(13-20)22-17(21)18(10-3-2-4-11-18)14-5-7-15(19)8-6-14/h5-8,16H,2-4,9-13H2,1H3/t16-/m1/s1. The zero-order valence-corrected chi connectivity index (χ0v) is 13.2. The average Bonchev–Trinajstić information content (AvgIpc) is 2.93. The summed E-state index contributed by atoms with van der Waals surface area (Å²) in [6.07, 6.45) is 5.72. The molecule has 0 aromatic heterocycles. The van der Waals surface area contributed by atoms with Crippen molar-refractivity contribution < 1.29 is 13.9 Å². The predicted molar refractivity (Wildman–Crippen MR) is 83.2 cm³/mol. The fraction of sp³-hybridized carbons (Fsp3) is 0.611. The van der Waals surface area contributed by atoms with Gasteiger partial charge in [-0.2, -0.15) is 0 Å². The van der Waals surface area contributed by atoms with Crippen molar-refractivity contribution in [2.45, 2.75) is 50.0 Å². The predicted octanol–water partition coefficient (Wildman–Crippen LogP) is 3.27. The number of hydrogen-bond acceptors (Lipinski definition) is 3. The Morgan fingerprint density at radius 1 is 1.23 bits per heavy atom. The summed E-state index contributed by atoms with van der Waals surface area (Å²) >= 11 is 0. The van der Waals surface area contributed by atoms with Crippen LogP contribution in [0.4, 0.5) is 4.39 Å². The van der Waals surface area contributed by atoms with E-state index >= 15 is 0 Å².